The molecule has 8 nitrogen and oxygen atoms in total. The third-order valence-electron chi connectivity index (χ3n) is 11.0. The minimum absolute atomic E-state index is 0.0489. The quantitative estimate of drug-likeness (QED) is 0.0345. The van der Waals surface area contributed by atoms with E-state index in [0.29, 0.717) is 12.8 Å². The van der Waals surface area contributed by atoms with Crippen LogP contribution in [0.15, 0.2) is 0 Å². The number of unbranched alkanes of at least 4 members (excludes halogenated alkanes) is 29. The summed E-state index contributed by atoms with van der Waals surface area (Å²) in [5, 5.41) is 11.6. The number of ether oxygens (including phenoxy) is 3. The Morgan fingerprint density at radius 2 is 0.800 bits per heavy atom. The Kier molecular flexibility index (Phi) is 38.0. The molecule has 0 fully saturated rings. The summed E-state index contributed by atoms with van der Waals surface area (Å²) in [4.78, 5) is 36.8. The van der Waals surface area contributed by atoms with E-state index in [9.17, 15) is 19.5 Å². The zero-order valence-electron chi connectivity index (χ0n) is 37.1. The van der Waals surface area contributed by atoms with Gasteiger partial charge in [-0.1, -0.05) is 200 Å². The van der Waals surface area contributed by atoms with Crippen LogP contribution in [0.3, 0.4) is 0 Å². The summed E-state index contributed by atoms with van der Waals surface area (Å²) in [6.07, 6.45) is 40.0. The Bertz CT molecular complexity index is 874. The molecule has 8 heteroatoms. The summed E-state index contributed by atoms with van der Waals surface area (Å²) < 4.78 is 17.2. The highest BCUT2D eigenvalue weighted by molar-refractivity contribution is 5.70. The average Bonchev–Trinajstić information content (AvgIpc) is 3.14. The van der Waals surface area contributed by atoms with Crippen LogP contribution in [-0.4, -0.2) is 75.5 Å². The van der Waals surface area contributed by atoms with Crippen molar-refractivity contribution in [3.63, 3.8) is 0 Å². The predicted molar refractivity (Wildman–Crippen MR) is 227 cm³/mol. The Labute approximate surface area is 340 Å². The molecule has 0 aromatic rings. The molecule has 55 heavy (non-hydrogen) atoms. The first-order valence-corrected chi connectivity index (χ1v) is 23.6. The maximum absolute atomic E-state index is 12.7. The van der Waals surface area contributed by atoms with Crippen molar-refractivity contribution in [1.82, 2.24) is 0 Å². The molecule has 0 saturated carbocycles. The van der Waals surface area contributed by atoms with Crippen LogP contribution in [0.2, 0.25) is 0 Å². The number of esters is 2. The van der Waals surface area contributed by atoms with Crippen molar-refractivity contribution in [3.8, 4) is 0 Å². The van der Waals surface area contributed by atoms with Crippen LogP contribution in [0, 0.1) is 0 Å². The normalized spacial score (nSPS) is 12.8. The molecule has 0 spiro atoms. The minimum Gasteiger partial charge on any atom is -0.544 e. The second kappa shape index (κ2) is 39.2. The molecule has 0 radical (unpaired) electrons. The number of hydrogen-bond acceptors (Lipinski definition) is 7. The lowest BCUT2D eigenvalue weighted by molar-refractivity contribution is -0.889. The minimum atomic E-state index is -1.12. The zero-order valence-corrected chi connectivity index (χ0v) is 37.1. The number of carboxylic acids is 1. The topological polar surface area (TPSA) is 102 Å². The van der Waals surface area contributed by atoms with Crippen molar-refractivity contribution in [2.45, 2.75) is 244 Å². The van der Waals surface area contributed by atoms with Crippen molar-refractivity contribution in [1.29, 1.82) is 0 Å². The van der Waals surface area contributed by atoms with Gasteiger partial charge in [-0.2, -0.15) is 0 Å². The Morgan fingerprint density at radius 3 is 1.13 bits per heavy atom. The molecule has 0 saturated heterocycles. The van der Waals surface area contributed by atoms with Crippen LogP contribution in [0.4, 0.5) is 0 Å². The Morgan fingerprint density at radius 1 is 0.473 bits per heavy atom. The van der Waals surface area contributed by atoms with Crippen molar-refractivity contribution in [2.24, 2.45) is 0 Å². The van der Waals surface area contributed by atoms with Crippen LogP contribution >= 0.6 is 0 Å². The SMILES string of the molecule is CCCCCCCCCCCCCCCCCCCCCCCCC(=O)OC(COCCC(C(=O)[O-])[N+](C)(C)C)COC(=O)CCCCCCCCCCC. The van der Waals surface area contributed by atoms with E-state index in [4.69, 9.17) is 14.2 Å². The summed E-state index contributed by atoms with van der Waals surface area (Å²) in [7, 11) is 5.42. The van der Waals surface area contributed by atoms with Gasteiger partial charge in [0, 0.05) is 19.3 Å². The maximum atomic E-state index is 12.7. The van der Waals surface area contributed by atoms with E-state index < -0.39 is 18.1 Å². The van der Waals surface area contributed by atoms with Gasteiger partial charge < -0.3 is 28.6 Å². The summed E-state index contributed by atoms with van der Waals surface area (Å²) in [5.74, 6) is -1.72. The van der Waals surface area contributed by atoms with Crippen molar-refractivity contribution in [2.75, 3.05) is 41.0 Å². The highest BCUT2D eigenvalue weighted by Gasteiger charge is 2.25. The van der Waals surface area contributed by atoms with Gasteiger partial charge in [0.25, 0.3) is 0 Å². The van der Waals surface area contributed by atoms with E-state index in [0.717, 1.165) is 38.5 Å². The summed E-state index contributed by atoms with van der Waals surface area (Å²) in [6.45, 7) is 4.68. The molecule has 0 rings (SSSR count). The lowest BCUT2D eigenvalue weighted by atomic mass is 10.0. The van der Waals surface area contributed by atoms with Crippen LogP contribution in [0.25, 0.3) is 0 Å². The molecular formula is C47H91NO7. The van der Waals surface area contributed by atoms with Crippen LogP contribution in [-0.2, 0) is 28.6 Å². The summed E-state index contributed by atoms with van der Waals surface area (Å²) >= 11 is 0. The second-order valence-corrected chi connectivity index (χ2v) is 17.4. The van der Waals surface area contributed by atoms with E-state index >= 15 is 0 Å². The molecule has 0 aliphatic heterocycles. The highest BCUT2D eigenvalue weighted by Crippen LogP contribution is 2.17. The molecule has 0 aliphatic rings. The molecule has 0 aromatic carbocycles. The number of carbonyl (C=O) groups excluding carboxylic acids is 3. The van der Waals surface area contributed by atoms with Crippen molar-refractivity contribution in [3.05, 3.63) is 0 Å². The fourth-order valence-corrected chi connectivity index (χ4v) is 7.31. The largest absolute Gasteiger partial charge is 0.544 e. The van der Waals surface area contributed by atoms with Crippen LogP contribution in [0.1, 0.15) is 232 Å². The maximum Gasteiger partial charge on any atom is 0.306 e. The van der Waals surface area contributed by atoms with Crippen LogP contribution < -0.4 is 5.11 Å². The van der Waals surface area contributed by atoms with E-state index in [1.807, 2.05) is 0 Å². The van der Waals surface area contributed by atoms with Gasteiger partial charge >= 0.3 is 11.9 Å². The van der Waals surface area contributed by atoms with Gasteiger partial charge in [-0.25, -0.2) is 0 Å². The number of nitrogens with zero attached hydrogens (tertiary/aromatic N) is 1. The van der Waals surface area contributed by atoms with Gasteiger partial charge in [-0.3, -0.25) is 9.59 Å². The first kappa shape index (κ1) is 53.3. The predicted octanol–water partition coefficient (Wildman–Crippen LogP) is 11.6. The molecular weight excluding hydrogens is 691 g/mol. The average molecular weight is 782 g/mol. The molecule has 326 valence electrons. The molecule has 0 bridgehead atoms. The first-order chi connectivity index (χ1) is 26.6. The second-order valence-electron chi connectivity index (χ2n) is 17.4. The number of carboxylic acid groups (broad SMARTS) is 1. The number of carbonyl (C=O) groups is 3. The molecule has 0 amide bonds. The van der Waals surface area contributed by atoms with Crippen molar-refractivity contribution >= 4 is 17.9 Å². The molecule has 0 aromatic heterocycles. The van der Waals surface area contributed by atoms with E-state index in [-0.39, 0.29) is 42.7 Å². The highest BCUT2D eigenvalue weighted by atomic mass is 16.6. The fourth-order valence-electron chi connectivity index (χ4n) is 7.31. The zero-order chi connectivity index (χ0) is 40.7. The van der Waals surface area contributed by atoms with Gasteiger partial charge in [0.1, 0.15) is 12.6 Å². The van der Waals surface area contributed by atoms with E-state index in [1.165, 1.54) is 161 Å². The number of hydrogen-bond donors (Lipinski definition) is 0. The first-order valence-electron chi connectivity index (χ1n) is 23.6. The monoisotopic (exact) mass is 782 g/mol. The third kappa shape index (κ3) is 37.7. The van der Waals surface area contributed by atoms with Gasteiger partial charge in [0.2, 0.25) is 0 Å². The van der Waals surface area contributed by atoms with Gasteiger partial charge in [-0.15, -0.1) is 0 Å². The Balaban J connectivity index is 4.13. The molecule has 2 atom stereocenters. The molecule has 2 unspecified atom stereocenters. The van der Waals surface area contributed by atoms with E-state index in [2.05, 4.69) is 13.8 Å². The number of aliphatic carboxylic acids is 1. The number of rotatable bonds is 43. The molecule has 0 heterocycles. The van der Waals surface area contributed by atoms with Gasteiger partial charge in [-0.05, 0) is 12.8 Å². The third-order valence-corrected chi connectivity index (χ3v) is 11.0. The van der Waals surface area contributed by atoms with Crippen molar-refractivity contribution < 1.29 is 38.2 Å². The molecule has 0 N–H and O–H groups in total. The van der Waals surface area contributed by atoms with Crippen LogP contribution in [0.5, 0.6) is 0 Å². The summed E-state index contributed by atoms with van der Waals surface area (Å²) in [6, 6.07) is -0.718. The lowest BCUT2D eigenvalue weighted by Gasteiger charge is -2.34. The smallest absolute Gasteiger partial charge is 0.306 e. The van der Waals surface area contributed by atoms with Gasteiger partial charge in [0.05, 0.1) is 40.3 Å². The summed E-state index contributed by atoms with van der Waals surface area (Å²) in [5.41, 5.74) is 0. The lowest BCUT2D eigenvalue weighted by Crippen LogP contribution is -2.55. The Hall–Kier alpha value is -1.67. The number of likely N-dealkylation sites (N-methyl/N-ethyl adjacent to an activating group) is 1. The van der Waals surface area contributed by atoms with Gasteiger partial charge in [0.15, 0.2) is 6.10 Å². The fraction of sp³-hybridized carbons (Fsp3) is 0.936. The van der Waals surface area contributed by atoms with E-state index in [1.54, 1.807) is 21.1 Å². The number of quaternary nitrogens is 1. The standard InChI is InChI=1S/C47H91NO7/c1-6-8-10-12-14-16-17-18-19-20-21-22-23-24-25-26-27-28-30-32-34-36-38-46(50)55-43(41-53-40-39-44(47(51)52)48(3,4)5)42-54-45(49)37-35-33-31-29-15-13-11-9-7-2/h43-44H,6-42H2,1-5H3. The molecule has 0 aliphatic carbocycles.